The van der Waals surface area contributed by atoms with Crippen molar-refractivity contribution in [3.8, 4) is 0 Å². The third kappa shape index (κ3) is 4.06. The Labute approximate surface area is 118 Å². The Hall–Kier alpha value is -1.88. The van der Waals surface area contributed by atoms with Crippen LogP contribution in [0.25, 0.3) is 0 Å². The highest BCUT2D eigenvalue weighted by Gasteiger charge is 2.29. The first-order chi connectivity index (χ1) is 9.66. The van der Waals surface area contributed by atoms with E-state index in [1.54, 1.807) is 0 Å². The van der Waals surface area contributed by atoms with Gasteiger partial charge in [-0.1, -0.05) is 30.3 Å². The minimum Gasteiger partial charge on any atom is -0.445 e. The van der Waals surface area contributed by atoms with Crippen LogP contribution in [-0.2, 0) is 16.1 Å². The molecule has 5 heteroatoms. The highest BCUT2D eigenvalue weighted by atomic mass is 16.5. The monoisotopic (exact) mass is 275 g/mol. The lowest BCUT2D eigenvalue weighted by atomic mass is 9.97. The number of amides is 1. The summed E-state index contributed by atoms with van der Waals surface area (Å²) in [7, 11) is 0. The molecule has 2 rings (SSSR count). The summed E-state index contributed by atoms with van der Waals surface area (Å²) < 4.78 is 5.04. The van der Waals surface area contributed by atoms with Gasteiger partial charge in [-0.3, -0.25) is 4.79 Å². The maximum absolute atomic E-state index is 11.9. The molecule has 0 bridgehead atoms. The molecule has 1 radical (unpaired) electrons. The normalized spacial score (nSPS) is 18.8. The lowest BCUT2D eigenvalue weighted by Gasteiger charge is -2.13. The number of Topliss-reactive ketones (excluding diaryl/α,β-unsaturated/α-hetero) is 1. The maximum atomic E-state index is 11.9. The van der Waals surface area contributed by atoms with Gasteiger partial charge in [0, 0.05) is 6.04 Å². The predicted octanol–water partition coefficient (Wildman–Crippen LogP) is 1.44. The second kappa shape index (κ2) is 7.05. The highest BCUT2D eigenvalue weighted by Crippen LogP contribution is 2.18. The van der Waals surface area contributed by atoms with E-state index in [2.05, 4.69) is 10.6 Å². The molecule has 1 aromatic rings. The Morgan fingerprint density at radius 3 is 2.75 bits per heavy atom. The molecular weight excluding hydrogens is 256 g/mol. The van der Waals surface area contributed by atoms with Crippen molar-refractivity contribution in [2.24, 2.45) is 0 Å². The fourth-order valence-electron chi connectivity index (χ4n) is 2.18. The standard InChI is InChI=1S/C15H19N2O3/c1-11-13(7-8-16-11)14(18)9-17-15(19)20-10-12-5-3-2-4-6-12/h2-6,11,16H,7-10H2,1H3,(H,17,19)/t11-/m1/s1. The van der Waals surface area contributed by atoms with Gasteiger partial charge in [-0.2, -0.15) is 0 Å². The number of nitrogens with one attached hydrogen (secondary N) is 2. The first kappa shape index (κ1) is 14.5. The fourth-order valence-corrected chi connectivity index (χ4v) is 2.18. The number of ether oxygens (including phenoxy) is 1. The van der Waals surface area contributed by atoms with Crippen LogP contribution in [-0.4, -0.2) is 31.0 Å². The molecule has 2 N–H and O–H groups in total. The Bertz CT molecular complexity index is 461. The van der Waals surface area contributed by atoms with Crippen molar-refractivity contribution in [1.29, 1.82) is 0 Å². The van der Waals surface area contributed by atoms with Crippen molar-refractivity contribution in [3.63, 3.8) is 0 Å². The first-order valence-electron chi connectivity index (χ1n) is 6.73. The number of benzene rings is 1. The summed E-state index contributed by atoms with van der Waals surface area (Å²) in [4.78, 5) is 23.4. The van der Waals surface area contributed by atoms with Crippen LogP contribution in [0.15, 0.2) is 30.3 Å². The third-order valence-corrected chi connectivity index (χ3v) is 3.33. The topological polar surface area (TPSA) is 67.4 Å². The van der Waals surface area contributed by atoms with Crippen molar-refractivity contribution in [3.05, 3.63) is 41.8 Å². The fraction of sp³-hybridized carbons (Fsp3) is 0.400. The molecule has 1 amide bonds. The van der Waals surface area contributed by atoms with E-state index in [0.717, 1.165) is 24.4 Å². The van der Waals surface area contributed by atoms with Gasteiger partial charge in [0.05, 0.1) is 12.5 Å². The summed E-state index contributed by atoms with van der Waals surface area (Å²) in [6, 6.07) is 9.51. The second-order valence-corrected chi connectivity index (χ2v) is 4.79. The van der Waals surface area contributed by atoms with Crippen molar-refractivity contribution in [1.82, 2.24) is 10.6 Å². The quantitative estimate of drug-likeness (QED) is 0.853. The largest absolute Gasteiger partial charge is 0.445 e. The molecule has 1 aromatic carbocycles. The Morgan fingerprint density at radius 1 is 1.35 bits per heavy atom. The van der Waals surface area contributed by atoms with Crippen LogP contribution < -0.4 is 10.6 Å². The van der Waals surface area contributed by atoms with E-state index in [0.29, 0.717) is 0 Å². The summed E-state index contributed by atoms with van der Waals surface area (Å²) in [5.41, 5.74) is 0.914. The summed E-state index contributed by atoms with van der Waals surface area (Å²) in [6.45, 7) is 2.97. The molecule has 5 nitrogen and oxygen atoms in total. The van der Waals surface area contributed by atoms with Gasteiger partial charge < -0.3 is 15.4 Å². The number of carbonyl (C=O) groups is 2. The smallest absolute Gasteiger partial charge is 0.407 e. The Morgan fingerprint density at radius 2 is 2.10 bits per heavy atom. The molecule has 1 aliphatic rings. The highest BCUT2D eigenvalue weighted by molar-refractivity contribution is 5.96. The lowest BCUT2D eigenvalue weighted by molar-refractivity contribution is -0.116. The predicted molar refractivity (Wildman–Crippen MR) is 75.0 cm³/mol. The molecule has 1 heterocycles. The first-order valence-corrected chi connectivity index (χ1v) is 6.73. The zero-order chi connectivity index (χ0) is 14.4. The number of hydrogen-bond donors (Lipinski definition) is 2. The summed E-state index contributed by atoms with van der Waals surface area (Å²) in [5, 5.41) is 5.67. The molecule has 1 saturated heterocycles. The number of carbonyl (C=O) groups excluding carboxylic acids is 2. The average Bonchev–Trinajstić information content (AvgIpc) is 2.90. The molecule has 0 unspecified atom stereocenters. The van der Waals surface area contributed by atoms with Crippen molar-refractivity contribution in [2.45, 2.75) is 26.0 Å². The summed E-state index contributed by atoms with van der Waals surface area (Å²) in [6.07, 6.45) is 0.183. The van der Waals surface area contributed by atoms with E-state index in [9.17, 15) is 9.59 Å². The third-order valence-electron chi connectivity index (χ3n) is 3.33. The lowest BCUT2D eigenvalue weighted by Crippen LogP contribution is -2.35. The molecule has 107 valence electrons. The van der Waals surface area contributed by atoms with Crippen molar-refractivity contribution < 1.29 is 14.3 Å². The number of hydrogen-bond acceptors (Lipinski definition) is 4. The van der Waals surface area contributed by atoms with Crippen LogP contribution in [0, 0.1) is 5.92 Å². The molecule has 1 atom stereocenters. The Balaban J connectivity index is 1.68. The van der Waals surface area contributed by atoms with Crippen LogP contribution in [0.2, 0.25) is 0 Å². The van der Waals surface area contributed by atoms with Gasteiger partial charge in [-0.25, -0.2) is 4.79 Å². The van der Waals surface area contributed by atoms with Gasteiger partial charge in [0.1, 0.15) is 6.61 Å². The Kier molecular flexibility index (Phi) is 5.12. The maximum Gasteiger partial charge on any atom is 0.407 e. The van der Waals surface area contributed by atoms with Gasteiger partial charge in [-0.15, -0.1) is 0 Å². The van der Waals surface area contributed by atoms with E-state index in [1.807, 2.05) is 37.3 Å². The van der Waals surface area contributed by atoms with Crippen LogP contribution >= 0.6 is 0 Å². The van der Waals surface area contributed by atoms with Crippen LogP contribution in [0.5, 0.6) is 0 Å². The van der Waals surface area contributed by atoms with Gasteiger partial charge in [0.15, 0.2) is 5.78 Å². The molecule has 0 aromatic heterocycles. The molecule has 1 fully saturated rings. The van der Waals surface area contributed by atoms with Crippen LogP contribution in [0.4, 0.5) is 4.79 Å². The zero-order valence-electron chi connectivity index (χ0n) is 11.5. The molecule has 20 heavy (non-hydrogen) atoms. The molecule has 0 saturated carbocycles. The van der Waals surface area contributed by atoms with Gasteiger partial charge in [0.25, 0.3) is 0 Å². The van der Waals surface area contributed by atoms with E-state index in [1.165, 1.54) is 0 Å². The molecule has 1 aliphatic heterocycles. The van der Waals surface area contributed by atoms with E-state index in [-0.39, 0.29) is 25.0 Å². The van der Waals surface area contributed by atoms with Gasteiger partial charge in [0.2, 0.25) is 0 Å². The number of ketones is 1. The minimum absolute atomic E-state index is 0.00498. The van der Waals surface area contributed by atoms with Crippen molar-refractivity contribution >= 4 is 11.9 Å². The molecule has 0 spiro atoms. The second-order valence-electron chi connectivity index (χ2n) is 4.79. The van der Waals surface area contributed by atoms with Crippen molar-refractivity contribution in [2.75, 3.05) is 13.1 Å². The zero-order valence-corrected chi connectivity index (χ0v) is 11.5. The number of rotatable bonds is 5. The average molecular weight is 275 g/mol. The van der Waals surface area contributed by atoms with Crippen LogP contribution in [0.3, 0.4) is 0 Å². The molecular formula is C15H19N2O3. The van der Waals surface area contributed by atoms with E-state index in [4.69, 9.17) is 4.74 Å². The minimum atomic E-state index is -0.568. The number of alkyl carbamates (subject to hydrolysis) is 1. The van der Waals surface area contributed by atoms with E-state index < -0.39 is 6.09 Å². The molecule has 0 aliphatic carbocycles. The van der Waals surface area contributed by atoms with Gasteiger partial charge in [-0.05, 0) is 25.5 Å². The van der Waals surface area contributed by atoms with Gasteiger partial charge >= 0.3 is 6.09 Å². The summed E-state index contributed by atoms with van der Waals surface area (Å²) in [5.74, 6) is 0.813. The van der Waals surface area contributed by atoms with E-state index >= 15 is 0 Å². The summed E-state index contributed by atoms with van der Waals surface area (Å²) >= 11 is 0. The van der Waals surface area contributed by atoms with Crippen LogP contribution in [0.1, 0.15) is 18.9 Å². The SMILES string of the molecule is C[C@H]1NCC[C]1C(=O)CNC(=O)OCc1ccccc1.